The largest absolute Gasteiger partial charge is 0.419 e. The average molecular weight is 338 g/mol. The molecule has 5 heteroatoms. The van der Waals surface area contributed by atoms with E-state index in [1.54, 1.807) is 10.6 Å². The van der Waals surface area contributed by atoms with E-state index in [-0.39, 0.29) is 17.6 Å². The number of hydrogen-bond donors (Lipinski definition) is 1. The van der Waals surface area contributed by atoms with E-state index in [0.717, 1.165) is 5.52 Å². The molecule has 25 heavy (non-hydrogen) atoms. The second-order valence-corrected chi connectivity index (χ2v) is 6.21. The van der Waals surface area contributed by atoms with E-state index in [1.165, 1.54) is 5.56 Å². The predicted molar refractivity (Wildman–Crippen MR) is 97.6 cm³/mol. The molecule has 3 rings (SSSR count). The Bertz CT molecular complexity index is 896. The van der Waals surface area contributed by atoms with Gasteiger partial charge in [0.2, 0.25) is 5.91 Å². The number of nitrogens with one attached hydrogen (secondary N) is 1. The summed E-state index contributed by atoms with van der Waals surface area (Å²) in [6.45, 7) is 3.17. The third-order valence-corrected chi connectivity index (χ3v) is 4.33. The number of aromatic nitrogens is 1. The molecular formula is C20H22N2O3. The minimum Gasteiger partial charge on any atom is -0.408 e. The van der Waals surface area contributed by atoms with Crippen molar-refractivity contribution in [2.24, 2.45) is 0 Å². The van der Waals surface area contributed by atoms with Crippen LogP contribution in [0.2, 0.25) is 0 Å². The van der Waals surface area contributed by atoms with Crippen molar-refractivity contribution in [2.45, 2.75) is 32.2 Å². The van der Waals surface area contributed by atoms with E-state index in [9.17, 15) is 9.59 Å². The Morgan fingerprint density at radius 2 is 1.84 bits per heavy atom. The van der Waals surface area contributed by atoms with Crippen LogP contribution >= 0.6 is 0 Å². The molecule has 130 valence electrons. The SMILES string of the molecule is CC(CNC(=O)CCCn1c(=O)oc2ccccc21)c1ccccc1. The number of oxazole rings is 1. The first-order chi connectivity index (χ1) is 12.1. The van der Waals surface area contributed by atoms with Gasteiger partial charge in [0.05, 0.1) is 5.52 Å². The van der Waals surface area contributed by atoms with Crippen molar-refractivity contribution in [3.8, 4) is 0 Å². The van der Waals surface area contributed by atoms with Crippen molar-refractivity contribution >= 4 is 17.0 Å². The molecule has 0 aliphatic heterocycles. The lowest BCUT2D eigenvalue weighted by atomic mass is 10.0. The van der Waals surface area contributed by atoms with E-state index in [4.69, 9.17) is 4.42 Å². The zero-order valence-electron chi connectivity index (χ0n) is 14.3. The van der Waals surface area contributed by atoms with Crippen molar-refractivity contribution in [3.05, 3.63) is 70.7 Å². The lowest BCUT2D eigenvalue weighted by Crippen LogP contribution is -2.27. The Balaban J connectivity index is 1.48. The fourth-order valence-corrected chi connectivity index (χ4v) is 2.88. The monoisotopic (exact) mass is 338 g/mol. The fraction of sp³-hybridized carbons (Fsp3) is 0.300. The van der Waals surface area contributed by atoms with Crippen LogP contribution in [0.3, 0.4) is 0 Å². The van der Waals surface area contributed by atoms with Crippen LogP contribution in [0, 0.1) is 0 Å². The van der Waals surface area contributed by atoms with E-state index < -0.39 is 0 Å². The molecule has 2 aromatic carbocycles. The molecule has 0 spiro atoms. The number of benzene rings is 2. The molecule has 1 unspecified atom stereocenters. The maximum atomic E-state index is 12.0. The van der Waals surface area contributed by atoms with Crippen molar-refractivity contribution in [3.63, 3.8) is 0 Å². The van der Waals surface area contributed by atoms with Gasteiger partial charge in [0.1, 0.15) is 0 Å². The summed E-state index contributed by atoms with van der Waals surface area (Å²) in [7, 11) is 0. The summed E-state index contributed by atoms with van der Waals surface area (Å²) >= 11 is 0. The predicted octanol–water partition coefficient (Wildman–Crippen LogP) is 3.29. The van der Waals surface area contributed by atoms with Crippen LogP contribution in [0.5, 0.6) is 0 Å². The quantitative estimate of drug-likeness (QED) is 0.719. The summed E-state index contributed by atoms with van der Waals surface area (Å²) in [6, 6.07) is 17.4. The van der Waals surface area contributed by atoms with E-state index >= 15 is 0 Å². The molecule has 0 bridgehead atoms. The summed E-state index contributed by atoms with van der Waals surface area (Å²) < 4.78 is 6.77. The Hall–Kier alpha value is -2.82. The zero-order valence-corrected chi connectivity index (χ0v) is 14.3. The number of amides is 1. The normalized spacial score (nSPS) is 12.2. The summed E-state index contributed by atoms with van der Waals surface area (Å²) in [5, 5.41) is 2.96. The van der Waals surface area contributed by atoms with Gasteiger partial charge in [0.15, 0.2) is 5.58 Å². The summed E-state index contributed by atoms with van der Waals surface area (Å²) in [6.07, 6.45) is 0.975. The number of carbonyl (C=O) groups excluding carboxylic acids is 1. The molecule has 0 aliphatic carbocycles. The van der Waals surface area contributed by atoms with Gasteiger partial charge in [-0.2, -0.15) is 0 Å². The number of aryl methyl sites for hydroxylation is 1. The Morgan fingerprint density at radius 3 is 2.64 bits per heavy atom. The van der Waals surface area contributed by atoms with Crippen LogP contribution < -0.4 is 11.1 Å². The number of hydrogen-bond acceptors (Lipinski definition) is 3. The molecule has 1 amide bonds. The highest BCUT2D eigenvalue weighted by molar-refractivity contribution is 5.76. The molecular weight excluding hydrogens is 316 g/mol. The Morgan fingerprint density at radius 1 is 1.12 bits per heavy atom. The molecule has 1 N–H and O–H groups in total. The third-order valence-electron chi connectivity index (χ3n) is 4.33. The van der Waals surface area contributed by atoms with Crippen LogP contribution in [0.15, 0.2) is 63.8 Å². The van der Waals surface area contributed by atoms with Gasteiger partial charge in [0.25, 0.3) is 0 Å². The highest BCUT2D eigenvalue weighted by atomic mass is 16.4. The summed E-state index contributed by atoms with van der Waals surface area (Å²) in [5.41, 5.74) is 2.55. The average Bonchev–Trinajstić information content (AvgIpc) is 2.96. The van der Waals surface area contributed by atoms with Crippen LogP contribution in [-0.4, -0.2) is 17.0 Å². The molecule has 0 aliphatic rings. The summed E-state index contributed by atoms with van der Waals surface area (Å²) in [5.74, 6) is -0.103. The second kappa shape index (κ2) is 7.83. The zero-order chi connectivity index (χ0) is 17.6. The number of fused-ring (bicyclic) bond motifs is 1. The molecule has 0 saturated heterocycles. The molecule has 1 aromatic heterocycles. The van der Waals surface area contributed by atoms with Gasteiger partial charge in [-0.25, -0.2) is 4.79 Å². The number of carbonyl (C=O) groups is 1. The van der Waals surface area contributed by atoms with Gasteiger partial charge in [-0.15, -0.1) is 0 Å². The van der Waals surface area contributed by atoms with E-state index in [0.29, 0.717) is 31.5 Å². The van der Waals surface area contributed by atoms with Crippen molar-refractivity contribution in [1.82, 2.24) is 9.88 Å². The topological polar surface area (TPSA) is 64.2 Å². The fourth-order valence-electron chi connectivity index (χ4n) is 2.88. The third kappa shape index (κ3) is 4.18. The van der Waals surface area contributed by atoms with Gasteiger partial charge in [-0.05, 0) is 30.0 Å². The minimum absolute atomic E-state index is 0.00336. The van der Waals surface area contributed by atoms with Crippen LogP contribution in [0.4, 0.5) is 0 Å². The smallest absolute Gasteiger partial charge is 0.408 e. The van der Waals surface area contributed by atoms with Crippen LogP contribution in [0.1, 0.15) is 31.2 Å². The summed E-state index contributed by atoms with van der Waals surface area (Å²) in [4.78, 5) is 23.9. The van der Waals surface area contributed by atoms with Gasteiger partial charge in [0, 0.05) is 19.5 Å². The lowest BCUT2D eigenvalue weighted by Gasteiger charge is -2.13. The van der Waals surface area contributed by atoms with Crippen molar-refractivity contribution in [1.29, 1.82) is 0 Å². The molecule has 0 fully saturated rings. The molecule has 3 aromatic rings. The highest BCUT2D eigenvalue weighted by Gasteiger charge is 2.10. The number of nitrogens with zero attached hydrogens (tertiary/aromatic N) is 1. The van der Waals surface area contributed by atoms with E-state index in [2.05, 4.69) is 24.4 Å². The molecule has 0 saturated carbocycles. The number of para-hydroxylation sites is 2. The first-order valence-electron chi connectivity index (χ1n) is 8.55. The van der Waals surface area contributed by atoms with Gasteiger partial charge in [-0.3, -0.25) is 9.36 Å². The first kappa shape index (κ1) is 17.0. The minimum atomic E-state index is -0.376. The lowest BCUT2D eigenvalue weighted by molar-refractivity contribution is -0.121. The maximum absolute atomic E-state index is 12.0. The number of rotatable bonds is 7. The van der Waals surface area contributed by atoms with Gasteiger partial charge >= 0.3 is 5.76 Å². The van der Waals surface area contributed by atoms with Crippen LogP contribution in [0.25, 0.3) is 11.1 Å². The molecule has 1 atom stereocenters. The molecule has 5 nitrogen and oxygen atoms in total. The second-order valence-electron chi connectivity index (χ2n) is 6.21. The van der Waals surface area contributed by atoms with Crippen molar-refractivity contribution < 1.29 is 9.21 Å². The van der Waals surface area contributed by atoms with Gasteiger partial charge in [-0.1, -0.05) is 49.4 Å². The highest BCUT2D eigenvalue weighted by Crippen LogP contribution is 2.14. The maximum Gasteiger partial charge on any atom is 0.419 e. The standard InChI is InChI=1S/C20H22N2O3/c1-15(16-8-3-2-4-9-16)14-21-19(23)12-7-13-22-17-10-5-6-11-18(17)25-20(22)24/h2-6,8-11,15H,7,12-14H2,1H3,(H,21,23). The first-order valence-corrected chi connectivity index (χ1v) is 8.55. The molecule has 1 heterocycles. The van der Waals surface area contributed by atoms with E-state index in [1.807, 2.05) is 36.4 Å². The molecule has 0 radical (unpaired) electrons. The van der Waals surface area contributed by atoms with Crippen molar-refractivity contribution in [2.75, 3.05) is 6.54 Å². The van der Waals surface area contributed by atoms with Crippen LogP contribution in [-0.2, 0) is 11.3 Å². The Labute approximate surface area is 146 Å². The Kier molecular flexibility index (Phi) is 5.33. The van der Waals surface area contributed by atoms with Gasteiger partial charge < -0.3 is 9.73 Å².